The largest absolute Gasteiger partial charge is 0.314 e. The summed E-state index contributed by atoms with van der Waals surface area (Å²) in [5.41, 5.74) is 2.06. The Morgan fingerprint density at radius 1 is 1.35 bits per heavy atom. The molecule has 1 saturated heterocycles. The Bertz CT molecular complexity index is 389. The van der Waals surface area contributed by atoms with Gasteiger partial charge in [0, 0.05) is 32.7 Å². The summed E-state index contributed by atoms with van der Waals surface area (Å²) < 4.78 is 14.2. The third-order valence-electron chi connectivity index (χ3n) is 3.15. The number of nitrogens with zero attached hydrogens (tertiary/aromatic N) is 1. The maximum Gasteiger partial charge on any atom is 0.137 e. The molecule has 0 unspecified atom stereocenters. The van der Waals surface area contributed by atoms with Crippen LogP contribution in [0.1, 0.15) is 11.1 Å². The smallest absolute Gasteiger partial charge is 0.137 e. The lowest BCUT2D eigenvalue weighted by Gasteiger charge is -2.27. The van der Waals surface area contributed by atoms with Crippen LogP contribution < -0.4 is 5.32 Å². The number of hydrogen-bond acceptors (Lipinski definition) is 2. The quantitative estimate of drug-likeness (QED) is 0.922. The molecule has 17 heavy (non-hydrogen) atoms. The van der Waals surface area contributed by atoms with Gasteiger partial charge in [-0.25, -0.2) is 4.39 Å². The van der Waals surface area contributed by atoms with Gasteiger partial charge in [-0.15, -0.1) is 0 Å². The Kier molecular flexibility index (Phi) is 4.54. The molecule has 1 N–H and O–H groups in total. The van der Waals surface area contributed by atoms with Crippen molar-refractivity contribution in [1.82, 2.24) is 10.2 Å². The number of halogens is 2. The van der Waals surface area contributed by atoms with Crippen LogP contribution in [0.5, 0.6) is 0 Å². The molecule has 94 valence electrons. The molecule has 0 aromatic heterocycles. The van der Waals surface area contributed by atoms with E-state index in [0.29, 0.717) is 4.47 Å². The first-order chi connectivity index (χ1) is 8.16. The highest BCUT2D eigenvalue weighted by Gasteiger charge is 2.11. The summed E-state index contributed by atoms with van der Waals surface area (Å²) in [6, 6.07) is 3.63. The van der Waals surface area contributed by atoms with E-state index in [0.717, 1.165) is 50.3 Å². The zero-order valence-electron chi connectivity index (χ0n) is 10.1. The molecule has 0 spiro atoms. The minimum absolute atomic E-state index is 0.152. The summed E-state index contributed by atoms with van der Waals surface area (Å²) in [6.45, 7) is 7.23. The van der Waals surface area contributed by atoms with E-state index in [1.54, 1.807) is 6.07 Å². The summed E-state index contributed by atoms with van der Waals surface area (Å²) in [5.74, 6) is -0.152. The van der Waals surface area contributed by atoms with Gasteiger partial charge >= 0.3 is 0 Å². The zero-order valence-corrected chi connectivity index (χ0v) is 11.7. The predicted octanol–water partition coefficient (Wildman–Crippen LogP) is 2.34. The maximum atomic E-state index is 13.5. The molecule has 2 rings (SSSR count). The van der Waals surface area contributed by atoms with E-state index < -0.39 is 0 Å². The van der Waals surface area contributed by atoms with Crippen molar-refractivity contribution in [2.24, 2.45) is 0 Å². The van der Waals surface area contributed by atoms with Crippen molar-refractivity contribution in [2.45, 2.75) is 13.3 Å². The van der Waals surface area contributed by atoms with E-state index in [9.17, 15) is 4.39 Å². The zero-order chi connectivity index (χ0) is 12.3. The molecule has 0 amide bonds. The number of aryl methyl sites for hydroxylation is 1. The van der Waals surface area contributed by atoms with Gasteiger partial charge < -0.3 is 10.2 Å². The molecule has 2 nitrogen and oxygen atoms in total. The lowest BCUT2D eigenvalue weighted by molar-refractivity contribution is 0.243. The third-order valence-corrected chi connectivity index (χ3v) is 4.04. The second kappa shape index (κ2) is 5.94. The van der Waals surface area contributed by atoms with Gasteiger partial charge in [0.15, 0.2) is 0 Å². The topological polar surface area (TPSA) is 15.3 Å². The highest BCUT2D eigenvalue weighted by atomic mass is 79.9. The minimum atomic E-state index is -0.152. The van der Waals surface area contributed by atoms with Gasteiger partial charge in [0.05, 0.1) is 4.47 Å². The van der Waals surface area contributed by atoms with Gasteiger partial charge in [-0.2, -0.15) is 0 Å². The number of hydrogen-bond donors (Lipinski definition) is 1. The van der Waals surface area contributed by atoms with Crippen LogP contribution in [0.15, 0.2) is 16.6 Å². The van der Waals surface area contributed by atoms with Crippen LogP contribution >= 0.6 is 15.9 Å². The van der Waals surface area contributed by atoms with Crippen LogP contribution in [-0.4, -0.2) is 37.6 Å². The molecule has 1 fully saturated rings. The lowest BCUT2D eigenvalue weighted by Crippen LogP contribution is -2.44. The predicted molar refractivity (Wildman–Crippen MR) is 71.9 cm³/mol. The molecule has 1 aromatic carbocycles. The van der Waals surface area contributed by atoms with Crippen molar-refractivity contribution in [3.63, 3.8) is 0 Å². The molecular weight excluding hydrogens is 283 g/mol. The maximum absolute atomic E-state index is 13.5. The highest BCUT2D eigenvalue weighted by Crippen LogP contribution is 2.23. The lowest BCUT2D eigenvalue weighted by atomic mass is 10.1. The highest BCUT2D eigenvalue weighted by molar-refractivity contribution is 9.10. The Labute approximate surface area is 110 Å². The van der Waals surface area contributed by atoms with Crippen molar-refractivity contribution in [2.75, 3.05) is 32.7 Å². The fourth-order valence-corrected chi connectivity index (χ4v) is 2.62. The second-order valence-corrected chi connectivity index (χ2v) is 5.35. The van der Waals surface area contributed by atoms with E-state index >= 15 is 0 Å². The molecule has 0 bridgehead atoms. The van der Waals surface area contributed by atoms with Gasteiger partial charge in [0.1, 0.15) is 5.82 Å². The Morgan fingerprint density at radius 2 is 2.06 bits per heavy atom. The fourth-order valence-electron chi connectivity index (χ4n) is 2.19. The Morgan fingerprint density at radius 3 is 2.76 bits per heavy atom. The number of nitrogens with one attached hydrogen (secondary N) is 1. The van der Waals surface area contributed by atoms with Gasteiger partial charge in [-0.05, 0) is 46.5 Å². The second-order valence-electron chi connectivity index (χ2n) is 4.56. The average molecular weight is 301 g/mol. The van der Waals surface area contributed by atoms with Crippen LogP contribution in [-0.2, 0) is 6.42 Å². The van der Waals surface area contributed by atoms with Gasteiger partial charge in [-0.1, -0.05) is 6.07 Å². The Hall–Kier alpha value is -0.450. The molecule has 0 saturated carbocycles. The van der Waals surface area contributed by atoms with E-state index in [1.165, 1.54) is 0 Å². The molecule has 0 atom stereocenters. The molecule has 1 aliphatic heterocycles. The fraction of sp³-hybridized carbons (Fsp3) is 0.538. The normalized spacial score (nSPS) is 17.4. The summed E-state index contributed by atoms with van der Waals surface area (Å²) in [5, 5.41) is 3.33. The summed E-state index contributed by atoms with van der Waals surface area (Å²) >= 11 is 3.33. The standard InChI is InChI=1S/C13H18BrFN2/c1-10-8-11(13(14)12(15)9-10)2-5-17-6-3-16-4-7-17/h8-9,16H,2-7H2,1H3. The van der Waals surface area contributed by atoms with E-state index in [2.05, 4.69) is 32.2 Å². The molecule has 0 radical (unpaired) electrons. The SMILES string of the molecule is Cc1cc(F)c(Br)c(CCN2CCNCC2)c1. The first kappa shape index (κ1) is 13.0. The van der Waals surface area contributed by atoms with E-state index in [-0.39, 0.29) is 5.82 Å². The van der Waals surface area contributed by atoms with Crippen molar-refractivity contribution < 1.29 is 4.39 Å². The van der Waals surface area contributed by atoms with Crippen LogP contribution in [0.4, 0.5) is 4.39 Å². The van der Waals surface area contributed by atoms with Crippen molar-refractivity contribution in [1.29, 1.82) is 0 Å². The van der Waals surface area contributed by atoms with Crippen molar-refractivity contribution in [3.05, 3.63) is 33.5 Å². The molecule has 1 heterocycles. The Balaban J connectivity index is 1.98. The van der Waals surface area contributed by atoms with Crippen molar-refractivity contribution in [3.8, 4) is 0 Å². The van der Waals surface area contributed by atoms with Gasteiger partial charge in [0.2, 0.25) is 0 Å². The first-order valence-electron chi connectivity index (χ1n) is 6.04. The van der Waals surface area contributed by atoms with E-state index in [4.69, 9.17) is 0 Å². The van der Waals surface area contributed by atoms with Gasteiger partial charge in [-0.3, -0.25) is 0 Å². The number of rotatable bonds is 3. The first-order valence-corrected chi connectivity index (χ1v) is 6.84. The molecule has 4 heteroatoms. The van der Waals surface area contributed by atoms with Crippen LogP contribution in [0.2, 0.25) is 0 Å². The van der Waals surface area contributed by atoms with Crippen LogP contribution in [0.3, 0.4) is 0 Å². The summed E-state index contributed by atoms with van der Waals surface area (Å²) in [4.78, 5) is 2.42. The molecular formula is C13H18BrFN2. The number of benzene rings is 1. The molecule has 1 aromatic rings. The summed E-state index contributed by atoms with van der Waals surface area (Å²) in [7, 11) is 0. The monoisotopic (exact) mass is 300 g/mol. The van der Waals surface area contributed by atoms with Crippen LogP contribution in [0, 0.1) is 12.7 Å². The average Bonchev–Trinajstić information content (AvgIpc) is 2.33. The van der Waals surface area contributed by atoms with E-state index in [1.807, 2.05) is 6.92 Å². The van der Waals surface area contributed by atoms with Crippen LogP contribution in [0.25, 0.3) is 0 Å². The molecule has 1 aliphatic rings. The van der Waals surface area contributed by atoms with Gasteiger partial charge in [0.25, 0.3) is 0 Å². The summed E-state index contributed by atoms with van der Waals surface area (Å²) in [6.07, 6.45) is 0.902. The number of piperazine rings is 1. The third kappa shape index (κ3) is 3.50. The minimum Gasteiger partial charge on any atom is -0.314 e. The molecule has 0 aliphatic carbocycles. The van der Waals surface area contributed by atoms with Crippen molar-refractivity contribution >= 4 is 15.9 Å².